The number of hydrogen-bond donors (Lipinski definition) is 1. The van der Waals surface area contributed by atoms with E-state index in [0.29, 0.717) is 6.04 Å². The molecule has 0 aromatic rings. The van der Waals surface area contributed by atoms with Gasteiger partial charge in [-0.05, 0) is 33.7 Å². The van der Waals surface area contributed by atoms with Crippen LogP contribution in [0, 0.1) is 0 Å². The van der Waals surface area contributed by atoms with E-state index in [4.69, 9.17) is 5.73 Å². The maximum absolute atomic E-state index is 6.09. The number of hydrogen-bond acceptors (Lipinski definition) is 2. The fourth-order valence-electron chi connectivity index (χ4n) is 1.24. The highest BCUT2D eigenvalue weighted by atomic mass is 15.2. The summed E-state index contributed by atoms with van der Waals surface area (Å²) < 4.78 is 0. The molecule has 1 unspecified atom stereocenters. The van der Waals surface area contributed by atoms with E-state index < -0.39 is 0 Å². The largest absolute Gasteiger partial charge is 0.324 e. The number of nitrogens with two attached hydrogens (primary N) is 1. The summed E-state index contributed by atoms with van der Waals surface area (Å²) in [6.45, 7) is 13.0. The van der Waals surface area contributed by atoms with Crippen molar-refractivity contribution in [3.05, 3.63) is 0 Å². The van der Waals surface area contributed by atoms with Crippen molar-refractivity contribution >= 4 is 0 Å². The molecule has 2 nitrogen and oxygen atoms in total. The predicted molar refractivity (Wildman–Crippen MR) is 55.3 cm³/mol. The average Bonchev–Trinajstić information content (AvgIpc) is 2.00. The Balaban J connectivity index is 4.01. The van der Waals surface area contributed by atoms with Crippen molar-refractivity contribution in [2.24, 2.45) is 5.73 Å². The van der Waals surface area contributed by atoms with E-state index in [2.05, 4.69) is 39.5 Å². The second kappa shape index (κ2) is 4.83. The first-order chi connectivity index (χ1) is 5.43. The minimum atomic E-state index is -0.0275. The lowest BCUT2D eigenvalue weighted by molar-refractivity contribution is 0.182. The molecule has 0 saturated carbocycles. The first-order valence-electron chi connectivity index (χ1n) is 4.96. The van der Waals surface area contributed by atoms with E-state index in [1.165, 1.54) is 0 Å². The van der Waals surface area contributed by atoms with E-state index >= 15 is 0 Å². The van der Waals surface area contributed by atoms with Gasteiger partial charge < -0.3 is 5.73 Å². The third-order valence-corrected chi connectivity index (χ3v) is 2.51. The van der Waals surface area contributed by atoms with Crippen LogP contribution in [-0.4, -0.2) is 29.6 Å². The highest BCUT2D eigenvalue weighted by Crippen LogP contribution is 2.09. The smallest absolute Gasteiger partial charge is 0.0252 e. The van der Waals surface area contributed by atoms with Crippen LogP contribution in [0.5, 0.6) is 0 Å². The zero-order valence-corrected chi connectivity index (χ0v) is 9.22. The summed E-state index contributed by atoms with van der Waals surface area (Å²) in [5, 5.41) is 0. The predicted octanol–water partition coefficient (Wildman–Crippen LogP) is 1.84. The van der Waals surface area contributed by atoms with Crippen molar-refractivity contribution in [2.75, 3.05) is 13.1 Å². The molecule has 0 aromatic carbocycles. The van der Waals surface area contributed by atoms with Gasteiger partial charge in [-0.1, -0.05) is 13.8 Å². The first kappa shape index (κ1) is 11.9. The van der Waals surface area contributed by atoms with Crippen molar-refractivity contribution in [3.8, 4) is 0 Å². The van der Waals surface area contributed by atoms with E-state index in [9.17, 15) is 0 Å². The highest BCUT2D eigenvalue weighted by molar-refractivity contribution is 4.81. The van der Waals surface area contributed by atoms with Gasteiger partial charge in [0.1, 0.15) is 0 Å². The SMILES string of the molecule is CCN(CC(C)(N)CC)C(C)C. The highest BCUT2D eigenvalue weighted by Gasteiger charge is 2.20. The minimum absolute atomic E-state index is 0.0275. The Kier molecular flexibility index (Phi) is 4.80. The molecular weight excluding hydrogens is 148 g/mol. The molecule has 0 aromatic heterocycles. The minimum Gasteiger partial charge on any atom is -0.324 e. The van der Waals surface area contributed by atoms with Crippen LogP contribution >= 0.6 is 0 Å². The molecule has 0 radical (unpaired) electrons. The molecule has 0 aliphatic heterocycles. The zero-order chi connectivity index (χ0) is 9.78. The third kappa shape index (κ3) is 4.07. The Morgan fingerprint density at radius 2 is 1.83 bits per heavy atom. The van der Waals surface area contributed by atoms with Crippen LogP contribution in [0.25, 0.3) is 0 Å². The molecule has 74 valence electrons. The molecule has 0 aliphatic carbocycles. The quantitative estimate of drug-likeness (QED) is 0.685. The molecule has 2 N–H and O–H groups in total. The van der Waals surface area contributed by atoms with Crippen LogP contribution in [0.1, 0.15) is 41.0 Å². The third-order valence-electron chi connectivity index (χ3n) is 2.51. The number of likely N-dealkylation sites (N-methyl/N-ethyl adjacent to an activating group) is 1. The summed E-state index contributed by atoms with van der Waals surface area (Å²) in [5.41, 5.74) is 6.06. The van der Waals surface area contributed by atoms with Gasteiger partial charge in [0.15, 0.2) is 0 Å². The van der Waals surface area contributed by atoms with Gasteiger partial charge in [-0.3, -0.25) is 4.90 Å². The Morgan fingerprint density at radius 1 is 1.33 bits per heavy atom. The second-order valence-corrected chi connectivity index (χ2v) is 4.16. The average molecular weight is 172 g/mol. The Bertz CT molecular complexity index is 119. The summed E-state index contributed by atoms with van der Waals surface area (Å²) in [5.74, 6) is 0. The molecule has 0 rings (SSSR count). The molecule has 1 atom stereocenters. The van der Waals surface area contributed by atoms with Gasteiger partial charge in [-0.2, -0.15) is 0 Å². The topological polar surface area (TPSA) is 29.3 Å². The van der Waals surface area contributed by atoms with Gasteiger partial charge in [0, 0.05) is 18.1 Å². The lowest BCUT2D eigenvalue weighted by atomic mass is 9.99. The van der Waals surface area contributed by atoms with Gasteiger partial charge in [-0.25, -0.2) is 0 Å². The normalized spacial score (nSPS) is 17.0. The number of rotatable bonds is 5. The molecule has 2 heteroatoms. The summed E-state index contributed by atoms with van der Waals surface area (Å²) in [7, 11) is 0. The maximum Gasteiger partial charge on any atom is 0.0252 e. The molecule has 0 fully saturated rings. The van der Waals surface area contributed by atoms with Gasteiger partial charge in [-0.15, -0.1) is 0 Å². The Morgan fingerprint density at radius 3 is 2.08 bits per heavy atom. The summed E-state index contributed by atoms with van der Waals surface area (Å²) in [4.78, 5) is 2.41. The van der Waals surface area contributed by atoms with Gasteiger partial charge in [0.2, 0.25) is 0 Å². The van der Waals surface area contributed by atoms with Crippen LogP contribution in [0.15, 0.2) is 0 Å². The van der Waals surface area contributed by atoms with Gasteiger partial charge >= 0.3 is 0 Å². The molecule has 0 spiro atoms. The van der Waals surface area contributed by atoms with Crippen LogP contribution < -0.4 is 5.73 Å². The lowest BCUT2D eigenvalue weighted by Crippen LogP contribution is -2.49. The maximum atomic E-state index is 6.09. The first-order valence-corrected chi connectivity index (χ1v) is 4.96. The van der Waals surface area contributed by atoms with Crippen LogP contribution in [0.3, 0.4) is 0 Å². The summed E-state index contributed by atoms with van der Waals surface area (Å²) in [6, 6.07) is 0.601. The van der Waals surface area contributed by atoms with Crippen LogP contribution in [0.4, 0.5) is 0 Å². The van der Waals surface area contributed by atoms with Crippen LogP contribution in [-0.2, 0) is 0 Å². The Labute approximate surface area is 77.1 Å². The van der Waals surface area contributed by atoms with E-state index in [0.717, 1.165) is 19.5 Å². The molecule has 0 bridgehead atoms. The lowest BCUT2D eigenvalue weighted by Gasteiger charge is -2.33. The van der Waals surface area contributed by atoms with Gasteiger partial charge in [0.05, 0.1) is 0 Å². The molecule has 0 heterocycles. The zero-order valence-electron chi connectivity index (χ0n) is 9.22. The monoisotopic (exact) mass is 172 g/mol. The second-order valence-electron chi connectivity index (χ2n) is 4.16. The fourth-order valence-corrected chi connectivity index (χ4v) is 1.24. The van der Waals surface area contributed by atoms with Crippen molar-refractivity contribution < 1.29 is 0 Å². The van der Waals surface area contributed by atoms with Crippen LogP contribution in [0.2, 0.25) is 0 Å². The summed E-state index contributed by atoms with van der Waals surface area (Å²) >= 11 is 0. The molecule has 0 amide bonds. The van der Waals surface area contributed by atoms with Gasteiger partial charge in [0.25, 0.3) is 0 Å². The van der Waals surface area contributed by atoms with Crippen molar-refractivity contribution in [2.45, 2.75) is 52.6 Å². The molecular formula is C10H24N2. The molecule has 0 saturated heterocycles. The van der Waals surface area contributed by atoms with Crippen molar-refractivity contribution in [1.82, 2.24) is 4.90 Å². The van der Waals surface area contributed by atoms with Crippen molar-refractivity contribution in [1.29, 1.82) is 0 Å². The van der Waals surface area contributed by atoms with E-state index in [-0.39, 0.29) is 5.54 Å². The molecule has 12 heavy (non-hydrogen) atoms. The summed E-state index contributed by atoms with van der Waals surface area (Å²) in [6.07, 6.45) is 1.04. The van der Waals surface area contributed by atoms with E-state index in [1.54, 1.807) is 0 Å². The molecule has 0 aliphatic rings. The fraction of sp³-hybridized carbons (Fsp3) is 1.00. The number of nitrogens with zero attached hydrogens (tertiary/aromatic N) is 1. The Hall–Kier alpha value is -0.0800. The van der Waals surface area contributed by atoms with E-state index in [1.807, 2.05) is 0 Å². The standard InChI is InChI=1S/C10H24N2/c1-6-10(5,11)8-12(7-2)9(3)4/h9H,6-8,11H2,1-5H3. The van der Waals surface area contributed by atoms with Crippen molar-refractivity contribution in [3.63, 3.8) is 0 Å².